The van der Waals surface area contributed by atoms with Gasteiger partial charge >= 0.3 is 6.18 Å². The molecule has 10 heteroatoms. The van der Waals surface area contributed by atoms with Gasteiger partial charge in [0.15, 0.2) is 17.1 Å². The van der Waals surface area contributed by atoms with Crippen LogP contribution in [0.4, 0.5) is 18.9 Å². The third-order valence-electron chi connectivity index (χ3n) is 4.28. The smallest absolute Gasteiger partial charge is 0.416 e. The number of halogens is 3. The second-order valence-electron chi connectivity index (χ2n) is 6.73. The summed E-state index contributed by atoms with van der Waals surface area (Å²) in [5.74, 6) is 0.731. The Morgan fingerprint density at radius 3 is 2.66 bits per heavy atom. The number of hydrogen-bond donors (Lipinski definition) is 1. The number of para-hydroxylation sites is 1. The lowest BCUT2D eigenvalue weighted by Crippen LogP contribution is -2.16. The van der Waals surface area contributed by atoms with Gasteiger partial charge in [-0.3, -0.25) is 9.36 Å². The monoisotopic (exact) mass is 462 g/mol. The van der Waals surface area contributed by atoms with E-state index in [0.717, 1.165) is 23.9 Å². The van der Waals surface area contributed by atoms with Crippen molar-refractivity contribution in [3.8, 4) is 5.75 Å². The highest BCUT2D eigenvalue weighted by Crippen LogP contribution is 2.31. The number of allylic oxidation sites excluding steroid dienone is 1. The average molecular weight is 462 g/mol. The lowest BCUT2D eigenvalue weighted by molar-refractivity contribution is -0.137. The van der Waals surface area contributed by atoms with Crippen LogP contribution < -0.4 is 10.1 Å². The number of nitrogens with one attached hydrogen (secondary N) is 1. The topological polar surface area (TPSA) is 69.0 Å². The molecule has 1 unspecified atom stereocenters. The minimum absolute atomic E-state index is 0.0561. The molecule has 0 aliphatic heterocycles. The molecule has 0 saturated heterocycles. The Morgan fingerprint density at radius 2 is 1.97 bits per heavy atom. The molecule has 0 saturated carbocycles. The van der Waals surface area contributed by atoms with Gasteiger partial charge in [-0.05, 0) is 37.3 Å². The summed E-state index contributed by atoms with van der Waals surface area (Å²) in [5, 5.41) is 11.3. The Hall–Kier alpha value is -3.27. The summed E-state index contributed by atoms with van der Waals surface area (Å²) < 4.78 is 46.2. The van der Waals surface area contributed by atoms with E-state index in [9.17, 15) is 18.0 Å². The van der Waals surface area contributed by atoms with Crippen LogP contribution in [0.15, 0.2) is 72.4 Å². The quantitative estimate of drug-likeness (QED) is 0.343. The van der Waals surface area contributed by atoms with Crippen LogP contribution >= 0.6 is 11.8 Å². The molecule has 3 rings (SSSR count). The number of nitrogens with zero attached hydrogens (tertiary/aromatic N) is 3. The fourth-order valence-electron chi connectivity index (χ4n) is 2.86. The Balaban J connectivity index is 1.66. The van der Waals surface area contributed by atoms with E-state index in [2.05, 4.69) is 22.1 Å². The summed E-state index contributed by atoms with van der Waals surface area (Å²) in [4.78, 5) is 12.3. The fraction of sp³-hybridized carbons (Fsp3) is 0.227. The molecule has 0 aliphatic carbocycles. The van der Waals surface area contributed by atoms with Gasteiger partial charge in [0.1, 0.15) is 5.75 Å². The number of benzene rings is 2. The summed E-state index contributed by atoms with van der Waals surface area (Å²) in [5.41, 5.74) is -0.755. The van der Waals surface area contributed by atoms with Gasteiger partial charge in [-0.1, -0.05) is 42.1 Å². The van der Waals surface area contributed by atoms with Gasteiger partial charge in [-0.25, -0.2) is 0 Å². The summed E-state index contributed by atoms with van der Waals surface area (Å²) in [6, 6.07) is 13.8. The molecule has 0 radical (unpaired) electrons. The third kappa shape index (κ3) is 6.13. The van der Waals surface area contributed by atoms with Gasteiger partial charge in [-0.15, -0.1) is 16.8 Å². The van der Waals surface area contributed by atoms with E-state index in [4.69, 9.17) is 4.74 Å². The van der Waals surface area contributed by atoms with Crippen molar-refractivity contribution in [1.29, 1.82) is 0 Å². The number of carbonyl (C=O) groups is 1. The maximum atomic E-state index is 12.8. The molecule has 32 heavy (non-hydrogen) atoms. The normalized spacial score (nSPS) is 12.2. The first-order valence-corrected chi connectivity index (χ1v) is 10.6. The number of anilines is 1. The van der Waals surface area contributed by atoms with Crippen LogP contribution in [0.1, 0.15) is 24.4 Å². The van der Waals surface area contributed by atoms with Crippen molar-refractivity contribution in [2.75, 3.05) is 11.1 Å². The van der Waals surface area contributed by atoms with E-state index in [1.54, 1.807) is 10.6 Å². The first-order valence-electron chi connectivity index (χ1n) is 9.63. The Kier molecular flexibility index (Phi) is 7.57. The van der Waals surface area contributed by atoms with E-state index < -0.39 is 23.8 Å². The van der Waals surface area contributed by atoms with E-state index in [0.29, 0.717) is 23.3 Å². The summed E-state index contributed by atoms with van der Waals surface area (Å²) in [6.07, 6.45) is -3.21. The highest BCUT2D eigenvalue weighted by molar-refractivity contribution is 7.99. The highest BCUT2D eigenvalue weighted by atomic mass is 32.2. The van der Waals surface area contributed by atoms with Crippen LogP contribution in [0.3, 0.4) is 0 Å². The summed E-state index contributed by atoms with van der Waals surface area (Å²) in [7, 11) is 0. The van der Waals surface area contributed by atoms with Crippen molar-refractivity contribution in [2.45, 2.75) is 30.9 Å². The van der Waals surface area contributed by atoms with Gasteiger partial charge in [-0.2, -0.15) is 13.2 Å². The van der Waals surface area contributed by atoms with Gasteiger partial charge in [0.05, 0.1) is 11.3 Å². The SMILES string of the molecule is C=CCn1c(SCC(=O)Nc2cccc(C(F)(F)F)c2)nnc1C(C)Oc1ccccc1. The van der Waals surface area contributed by atoms with Gasteiger partial charge in [0, 0.05) is 12.2 Å². The van der Waals surface area contributed by atoms with E-state index >= 15 is 0 Å². The second-order valence-corrected chi connectivity index (χ2v) is 7.67. The molecule has 0 aliphatic rings. The number of thioether (sulfide) groups is 1. The fourth-order valence-corrected chi connectivity index (χ4v) is 3.62. The number of rotatable bonds is 9. The number of hydrogen-bond acceptors (Lipinski definition) is 5. The molecule has 0 fully saturated rings. The van der Waals surface area contributed by atoms with Crippen molar-refractivity contribution in [2.24, 2.45) is 0 Å². The predicted molar refractivity (Wildman–Crippen MR) is 117 cm³/mol. The minimum atomic E-state index is -4.48. The van der Waals surface area contributed by atoms with Gasteiger partial charge in [0.2, 0.25) is 5.91 Å². The Morgan fingerprint density at radius 1 is 1.22 bits per heavy atom. The zero-order chi connectivity index (χ0) is 23.1. The minimum Gasteiger partial charge on any atom is -0.483 e. The number of carbonyl (C=O) groups excluding carboxylic acids is 1. The molecule has 0 bridgehead atoms. The average Bonchev–Trinajstić information content (AvgIpc) is 3.15. The largest absolute Gasteiger partial charge is 0.483 e. The van der Waals surface area contributed by atoms with Gasteiger partial charge in [0.25, 0.3) is 0 Å². The second kappa shape index (κ2) is 10.4. The van der Waals surface area contributed by atoms with E-state index in [1.807, 2.05) is 37.3 Å². The molecule has 168 valence electrons. The first kappa shape index (κ1) is 23.4. The molecular weight excluding hydrogens is 441 g/mol. The van der Waals surface area contributed by atoms with Crippen molar-refractivity contribution in [3.05, 3.63) is 78.6 Å². The van der Waals surface area contributed by atoms with Crippen LogP contribution in [0, 0.1) is 0 Å². The predicted octanol–water partition coefficient (Wildman–Crippen LogP) is 5.35. The highest BCUT2D eigenvalue weighted by Gasteiger charge is 2.30. The lowest BCUT2D eigenvalue weighted by atomic mass is 10.2. The summed E-state index contributed by atoms with van der Waals surface area (Å²) in [6.45, 7) is 5.99. The van der Waals surface area contributed by atoms with Crippen molar-refractivity contribution < 1.29 is 22.7 Å². The van der Waals surface area contributed by atoms with E-state index in [1.165, 1.54) is 12.1 Å². The standard InChI is InChI=1S/C22H21F3N4O2S/c1-3-12-29-20(15(2)31-18-10-5-4-6-11-18)27-28-21(29)32-14-19(30)26-17-9-7-8-16(13-17)22(23,24)25/h3-11,13,15H,1,12,14H2,2H3,(H,26,30). The molecule has 1 atom stereocenters. The molecule has 1 N–H and O–H groups in total. The number of ether oxygens (including phenoxy) is 1. The van der Waals surface area contributed by atoms with Crippen LogP contribution in [-0.4, -0.2) is 26.4 Å². The van der Waals surface area contributed by atoms with Crippen LogP contribution in [-0.2, 0) is 17.5 Å². The number of amides is 1. The van der Waals surface area contributed by atoms with Crippen LogP contribution in [0.25, 0.3) is 0 Å². The molecule has 3 aromatic rings. The Labute approximate surface area is 187 Å². The van der Waals surface area contributed by atoms with Crippen molar-refractivity contribution in [1.82, 2.24) is 14.8 Å². The lowest BCUT2D eigenvalue weighted by Gasteiger charge is -2.15. The maximum Gasteiger partial charge on any atom is 0.416 e. The van der Waals surface area contributed by atoms with Crippen LogP contribution in [0.5, 0.6) is 5.75 Å². The molecule has 1 amide bonds. The molecule has 2 aromatic carbocycles. The number of alkyl halides is 3. The van der Waals surface area contributed by atoms with E-state index in [-0.39, 0.29) is 11.4 Å². The van der Waals surface area contributed by atoms with Crippen molar-refractivity contribution >= 4 is 23.4 Å². The zero-order valence-electron chi connectivity index (χ0n) is 17.2. The molecular formula is C22H21F3N4O2S. The van der Waals surface area contributed by atoms with Crippen molar-refractivity contribution in [3.63, 3.8) is 0 Å². The third-order valence-corrected chi connectivity index (χ3v) is 5.25. The first-order chi connectivity index (χ1) is 15.3. The molecule has 6 nitrogen and oxygen atoms in total. The molecule has 1 heterocycles. The maximum absolute atomic E-state index is 12.8. The number of aromatic nitrogens is 3. The summed E-state index contributed by atoms with van der Waals surface area (Å²) >= 11 is 1.12. The molecule has 0 spiro atoms. The van der Waals surface area contributed by atoms with Gasteiger partial charge < -0.3 is 10.1 Å². The zero-order valence-corrected chi connectivity index (χ0v) is 18.0. The Bertz CT molecular complexity index is 1070. The molecule has 1 aromatic heterocycles. The van der Waals surface area contributed by atoms with Crippen LogP contribution in [0.2, 0.25) is 0 Å².